The number of benzene rings is 3. The van der Waals surface area contributed by atoms with Gasteiger partial charge in [0.05, 0.1) is 11.4 Å². The summed E-state index contributed by atoms with van der Waals surface area (Å²) in [6.45, 7) is 0. The van der Waals surface area contributed by atoms with Crippen molar-refractivity contribution < 1.29 is 9.90 Å². The van der Waals surface area contributed by atoms with Crippen LogP contribution >= 0.6 is 0 Å². The number of amides is 1. The highest BCUT2D eigenvalue weighted by molar-refractivity contribution is 6.03. The minimum Gasteiger partial charge on any atom is -0.508 e. The van der Waals surface area contributed by atoms with Crippen LogP contribution in [0.2, 0.25) is 0 Å². The average molecular weight is 384 g/mol. The third kappa shape index (κ3) is 4.50. The Hall–Kier alpha value is -3.93. The van der Waals surface area contributed by atoms with E-state index in [9.17, 15) is 9.90 Å². The van der Waals surface area contributed by atoms with Crippen LogP contribution in [0, 0.1) is 0 Å². The van der Waals surface area contributed by atoms with Crippen LogP contribution in [0.4, 0.5) is 5.69 Å². The summed E-state index contributed by atoms with van der Waals surface area (Å²) in [5.41, 5.74) is 3.34. The summed E-state index contributed by atoms with van der Waals surface area (Å²) in [4.78, 5) is 14.4. The van der Waals surface area contributed by atoms with Crippen LogP contribution in [0.1, 0.15) is 21.7 Å². The predicted octanol–water partition coefficient (Wildman–Crippen LogP) is 4.01. The first-order valence-electron chi connectivity index (χ1n) is 9.35. The summed E-state index contributed by atoms with van der Waals surface area (Å²) in [6, 6.07) is 25.8. The van der Waals surface area contributed by atoms with E-state index in [0.29, 0.717) is 24.2 Å². The van der Waals surface area contributed by atoms with Gasteiger partial charge < -0.3 is 10.4 Å². The lowest BCUT2D eigenvalue weighted by molar-refractivity contribution is 0.102. The second kappa shape index (κ2) is 8.39. The van der Waals surface area contributed by atoms with Crippen molar-refractivity contribution in [2.24, 2.45) is 0 Å². The fraction of sp³-hybridized carbons (Fsp3) is 0.0870. The Bertz CT molecular complexity index is 1110. The standard InChI is InChI=1S/C23H20N4O2/c28-20-13-7-8-17(16-20)14-15-21-22(23(29)24-18-9-3-1-4-10-18)26-27(25-21)19-11-5-2-6-12-19/h1-13,16,28H,14-15H2,(H,24,29). The van der Waals surface area contributed by atoms with Crippen molar-refractivity contribution >= 4 is 11.6 Å². The average Bonchev–Trinajstić information content (AvgIpc) is 3.18. The largest absolute Gasteiger partial charge is 0.508 e. The molecule has 29 heavy (non-hydrogen) atoms. The molecule has 0 unspecified atom stereocenters. The van der Waals surface area contributed by atoms with Crippen LogP contribution < -0.4 is 5.32 Å². The summed E-state index contributed by atoms with van der Waals surface area (Å²) in [5.74, 6) is -0.0817. The van der Waals surface area contributed by atoms with E-state index < -0.39 is 0 Å². The van der Waals surface area contributed by atoms with E-state index in [1.807, 2.05) is 66.7 Å². The second-order valence-corrected chi connectivity index (χ2v) is 6.61. The van der Waals surface area contributed by atoms with Crippen LogP contribution in [0.5, 0.6) is 5.75 Å². The molecular weight excluding hydrogens is 364 g/mol. The number of carbonyl (C=O) groups is 1. The number of nitrogens with zero attached hydrogens (tertiary/aromatic N) is 3. The molecule has 0 saturated carbocycles. The van der Waals surface area contributed by atoms with Gasteiger partial charge in [0, 0.05) is 5.69 Å². The Labute approximate surface area is 168 Å². The van der Waals surface area contributed by atoms with Gasteiger partial charge in [-0.1, -0.05) is 48.5 Å². The van der Waals surface area contributed by atoms with Gasteiger partial charge in [0.2, 0.25) is 0 Å². The zero-order chi connectivity index (χ0) is 20.1. The molecule has 6 heteroatoms. The monoisotopic (exact) mass is 384 g/mol. The summed E-state index contributed by atoms with van der Waals surface area (Å²) in [7, 11) is 0. The third-order valence-electron chi connectivity index (χ3n) is 4.48. The minimum atomic E-state index is -0.302. The number of hydrogen-bond acceptors (Lipinski definition) is 4. The molecule has 4 aromatic rings. The highest BCUT2D eigenvalue weighted by Crippen LogP contribution is 2.17. The van der Waals surface area contributed by atoms with Gasteiger partial charge in [0.25, 0.3) is 5.91 Å². The van der Waals surface area contributed by atoms with Gasteiger partial charge in [-0.3, -0.25) is 4.79 Å². The lowest BCUT2D eigenvalue weighted by Crippen LogP contribution is -2.15. The molecule has 3 aromatic carbocycles. The van der Waals surface area contributed by atoms with E-state index >= 15 is 0 Å². The van der Waals surface area contributed by atoms with E-state index in [1.165, 1.54) is 4.80 Å². The SMILES string of the molecule is O=C(Nc1ccccc1)c1nn(-c2ccccc2)nc1CCc1cccc(O)c1. The van der Waals surface area contributed by atoms with Gasteiger partial charge in [-0.2, -0.15) is 9.90 Å². The lowest BCUT2D eigenvalue weighted by atomic mass is 10.1. The van der Waals surface area contributed by atoms with Crippen LogP contribution in [-0.2, 0) is 12.8 Å². The summed E-state index contributed by atoms with van der Waals surface area (Å²) in [6.07, 6.45) is 1.15. The number of phenolic OH excluding ortho intramolecular Hbond substituents is 1. The van der Waals surface area contributed by atoms with Crippen LogP contribution in [0.15, 0.2) is 84.9 Å². The van der Waals surface area contributed by atoms with Crippen molar-refractivity contribution in [3.05, 3.63) is 102 Å². The Balaban J connectivity index is 1.62. The van der Waals surface area contributed by atoms with Crippen molar-refractivity contribution in [2.75, 3.05) is 5.32 Å². The second-order valence-electron chi connectivity index (χ2n) is 6.61. The smallest absolute Gasteiger partial charge is 0.278 e. The van der Waals surface area contributed by atoms with Crippen molar-refractivity contribution in [1.82, 2.24) is 15.0 Å². The highest BCUT2D eigenvalue weighted by atomic mass is 16.3. The Morgan fingerprint density at radius 2 is 1.59 bits per heavy atom. The zero-order valence-corrected chi connectivity index (χ0v) is 15.7. The molecule has 0 spiro atoms. The molecule has 0 radical (unpaired) electrons. The first kappa shape index (κ1) is 18.4. The first-order valence-corrected chi connectivity index (χ1v) is 9.35. The lowest BCUT2D eigenvalue weighted by Gasteiger charge is -2.04. The number of hydrogen-bond donors (Lipinski definition) is 2. The van der Waals surface area contributed by atoms with Gasteiger partial charge in [0.15, 0.2) is 5.69 Å². The van der Waals surface area contributed by atoms with E-state index in [2.05, 4.69) is 15.5 Å². The molecule has 144 valence electrons. The maximum atomic E-state index is 12.9. The van der Waals surface area contributed by atoms with E-state index in [-0.39, 0.29) is 17.4 Å². The van der Waals surface area contributed by atoms with E-state index in [4.69, 9.17) is 0 Å². The number of aromatic nitrogens is 3. The Morgan fingerprint density at radius 1 is 0.862 bits per heavy atom. The van der Waals surface area contributed by atoms with Gasteiger partial charge in [-0.25, -0.2) is 0 Å². The molecule has 0 fully saturated rings. The summed E-state index contributed by atoms with van der Waals surface area (Å²) < 4.78 is 0. The summed E-state index contributed by atoms with van der Waals surface area (Å²) in [5, 5.41) is 21.6. The number of nitrogens with one attached hydrogen (secondary N) is 1. The van der Waals surface area contributed by atoms with Crippen LogP contribution in [0.25, 0.3) is 5.69 Å². The molecule has 0 aliphatic carbocycles. The Kier molecular flexibility index (Phi) is 5.33. The van der Waals surface area contributed by atoms with Crippen molar-refractivity contribution in [3.63, 3.8) is 0 Å². The van der Waals surface area contributed by atoms with Gasteiger partial charge in [-0.05, 0) is 54.8 Å². The fourth-order valence-corrected chi connectivity index (χ4v) is 3.04. The normalized spacial score (nSPS) is 10.6. The number of anilines is 1. The fourth-order valence-electron chi connectivity index (χ4n) is 3.04. The number of aromatic hydroxyl groups is 1. The molecule has 0 bridgehead atoms. The maximum absolute atomic E-state index is 12.9. The number of carbonyl (C=O) groups excluding carboxylic acids is 1. The van der Waals surface area contributed by atoms with Gasteiger partial charge in [-0.15, -0.1) is 5.10 Å². The molecule has 0 aliphatic rings. The molecule has 0 saturated heterocycles. The molecular formula is C23H20N4O2. The molecule has 0 atom stereocenters. The third-order valence-corrected chi connectivity index (χ3v) is 4.48. The minimum absolute atomic E-state index is 0.220. The topological polar surface area (TPSA) is 80.0 Å². The predicted molar refractivity (Wildman–Crippen MR) is 111 cm³/mol. The number of aryl methyl sites for hydroxylation is 2. The number of para-hydroxylation sites is 2. The zero-order valence-electron chi connectivity index (χ0n) is 15.7. The van der Waals surface area contributed by atoms with Gasteiger partial charge in [0.1, 0.15) is 5.75 Å². The molecule has 1 aromatic heterocycles. The maximum Gasteiger partial charge on any atom is 0.278 e. The summed E-state index contributed by atoms with van der Waals surface area (Å²) >= 11 is 0. The Morgan fingerprint density at radius 3 is 2.31 bits per heavy atom. The molecule has 1 heterocycles. The van der Waals surface area contributed by atoms with E-state index in [1.54, 1.807) is 18.2 Å². The number of phenols is 1. The van der Waals surface area contributed by atoms with Crippen molar-refractivity contribution in [2.45, 2.75) is 12.8 Å². The number of rotatable bonds is 6. The molecule has 1 amide bonds. The molecule has 2 N–H and O–H groups in total. The van der Waals surface area contributed by atoms with Crippen molar-refractivity contribution in [3.8, 4) is 11.4 Å². The van der Waals surface area contributed by atoms with Gasteiger partial charge >= 0.3 is 0 Å². The van der Waals surface area contributed by atoms with Crippen LogP contribution in [-0.4, -0.2) is 26.0 Å². The first-order chi connectivity index (χ1) is 14.2. The van der Waals surface area contributed by atoms with Crippen molar-refractivity contribution in [1.29, 1.82) is 0 Å². The van der Waals surface area contributed by atoms with E-state index in [0.717, 1.165) is 11.3 Å². The highest BCUT2D eigenvalue weighted by Gasteiger charge is 2.19. The molecule has 6 nitrogen and oxygen atoms in total. The molecule has 4 rings (SSSR count). The quantitative estimate of drug-likeness (QED) is 0.526. The molecule has 0 aliphatic heterocycles. The van der Waals surface area contributed by atoms with Crippen LogP contribution in [0.3, 0.4) is 0 Å².